The van der Waals surface area contributed by atoms with Crippen LogP contribution in [0.1, 0.15) is 12.0 Å². The Morgan fingerprint density at radius 2 is 2.10 bits per heavy atom. The molecule has 0 aromatic heterocycles. The van der Waals surface area contributed by atoms with Gasteiger partial charge in [-0.25, -0.2) is 8.78 Å². The molecule has 1 aromatic carbocycles. The maximum atomic E-state index is 13.2. The summed E-state index contributed by atoms with van der Waals surface area (Å²) in [5.41, 5.74) is 5.53. The van der Waals surface area contributed by atoms with E-state index in [1.807, 2.05) is 0 Å². The number of nitrogens with two attached hydrogens (primary N) is 1. The third-order valence-corrected chi connectivity index (χ3v) is 3.46. The van der Waals surface area contributed by atoms with Crippen molar-refractivity contribution in [1.29, 1.82) is 0 Å². The summed E-state index contributed by atoms with van der Waals surface area (Å²) in [5, 5.41) is 3.11. The van der Waals surface area contributed by atoms with Crippen LogP contribution in [0.3, 0.4) is 0 Å². The lowest BCUT2D eigenvalue weighted by atomic mass is 10.1. The summed E-state index contributed by atoms with van der Waals surface area (Å²) in [7, 11) is 0. The summed E-state index contributed by atoms with van der Waals surface area (Å²) >= 11 is 0. The Morgan fingerprint density at radius 3 is 2.67 bits per heavy atom. The first-order valence-electron chi connectivity index (χ1n) is 6.70. The number of carbonyl (C=O) groups excluding carboxylic acids is 2. The molecule has 5 nitrogen and oxygen atoms in total. The van der Waals surface area contributed by atoms with Crippen molar-refractivity contribution < 1.29 is 18.4 Å². The number of halogens is 2. The maximum Gasteiger partial charge on any atom is 0.237 e. The molecule has 1 unspecified atom stereocenters. The van der Waals surface area contributed by atoms with E-state index in [-0.39, 0.29) is 24.9 Å². The summed E-state index contributed by atoms with van der Waals surface area (Å²) in [6, 6.07) is 3.22. The molecule has 1 heterocycles. The van der Waals surface area contributed by atoms with Crippen LogP contribution in [0.2, 0.25) is 0 Å². The van der Waals surface area contributed by atoms with Crippen molar-refractivity contribution >= 4 is 11.8 Å². The van der Waals surface area contributed by atoms with Crippen LogP contribution in [0.4, 0.5) is 8.78 Å². The van der Waals surface area contributed by atoms with E-state index >= 15 is 0 Å². The van der Waals surface area contributed by atoms with Crippen LogP contribution in [-0.2, 0) is 16.0 Å². The molecule has 1 aliphatic rings. The molecule has 1 atom stereocenters. The molecule has 0 saturated carbocycles. The number of nitrogens with one attached hydrogen (secondary N) is 1. The molecule has 2 amide bonds. The van der Waals surface area contributed by atoms with Crippen molar-refractivity contribution in [3.8, 4) is 0 Å². The Balaban J connectivity index is 2.09. The molecule has 0 radical (unpaired) electrons. The predicted octanol–water partition coefficient (Wildman–Crippen LogP) is 0.183. The van der Waals surface area contributed by atoms with Gasteiger partial charge in [-0.05, 0) is 30.7 Å². The van der Waals surface area contributed by atoms with Gasteiger partial charge < -0.3 is 16.0 Å². The highest BCUT2D eigenvalue weighted by Gasteiger charge is 2.27. The van der Waals surface area contributed by atoms with Crippen LogP contribution < -0.4 is 11.1 Å². The third kappa shape index (κ3) is 3.98. The zero-order chi connectivity index (χ0) is 15.4. The van der Waals surface area contributed by atoms with E-state index in [9.17, 15) is 18.4 Å². The van der Waals surface area contributed by atoms with Crippen molar-refractivity contribution in [3.63, 3.8) is 0 Å². The molecule has 1 aliphatic heterocycles. The van der Waals surface area contributed by atoms with Crippen molar-refractivity contribution in [3.05, 3.63) is 35.4 Å². The van der Waals surface area contributed by atoms with Crippen LogP contribution in [0.25, 0.3) is 0 Å². The fraction of sp³-hybridized carbons (Fsp3) is 0.429. The van der Waals surface area contributed by atoms with Gasteiger partial charge in [0.15, 0.2) is 11.6 Å². The van der Waals surface area contributed by atoms with E-state index in [1.54, 1.807) is 0 Å². The minimum atomic E-state index is -0.996. The van der Waals surface area contributed by atoms with Gasteiger partial charge in [-0.1, -0.05) is 6.07 Å². The molecule has 0 spiro atoms. The van der Waals surface area contributed by atoms with E-state index in [0.717, 1.165) is 25.1 Å². The molecule has 0 bridgehead atoms. The summed E-state index contributed by atoms with van der Waals surface area (Å²) in [4.78, 5) is 24.8. The highest BCUT2D eigenvalue weighted by molar-refractivity contribution is 5.85. The fourth-order valence-corrected chi connectivity index (χ4v) is 2.42. The van der Waals surface area contributed by atoms with E-state index in [0.29, 0.717) is 12.1 Å². The van der Waals surface area contributed by atoms with Crippen molar-refractivity contribution in [2.75, 3.05) is 19.6 Å². The second kappa shape index (κ2) is 6.62. The second-order valence-electron chi connectivity index (χ2n) is 5.06. The molecule has 21 heavy (non-hydrogen) atoms. The SMILES string of the molecule is NC(=O)CN(C(=O)Cc1ccc(F)c(F)c1)C1CCNC1. The quantitative estimate of drug-likeness (QED) is 0.814. The highest BCUT2D eigenvalue weighted by Crippen LogP contribution is 2.13. The number of amides is 2. The summed E-state index contributed by atoms with van der Waals surface area (Å²) in [6.07, 6.45) is 0.637. The molecule has 114 valence electrons. The zero-order valence-corrected chi connectivity index (χ0v) is 11.4. The molecule has 1 aromatic rings. The molecule has 1 fully saturated rings. The lowest BCUT2D eigenvalue weighted by Crippen LogP contribution is -2.46. The van der Waals surface area contributed by atoms with Gasteiger partial charge in [0.1, 0.15) is 0 Å². The van der Waals surface area contributed by atoms with Crippen LogP contribution in [-0.4, -0.2) is 42.4 Å². The third-order valence-electron chi connectivity index (χ3n) is 3.46. The number of hydrogen-bond donors (Lipinski definition) is 2. The number of primary amides is 1. The van der Waals surface area contributed by atoms with E-state index in [4.69, 9.17) is 5.73 Å². The van der Waals surface area contributed by atoms with Gasteiger partial charge in [-0.3, -0.25) is 9.59 Å². The van der Waals surface area contributed by atoms with Gasteiger partial charge >= 0.3 is 0 Å². The standard InChI is InChI=1S/C14H17F2N3O2/c15-11-2-1-9(5-12(11)16)6-14(21)19(8-13(17)20)10-3-4-18-7-10/h1-2,5,10,18H,3-4,6-8H2,(H2,17,20). The number of nitrogens with zero attached hydrogens (tertiary/aromatic N) is 1. The number of benzene rings is 1. The van der Waals surface area contributed by atoms with E-state index in [2.05, 4.69) is 5.32 Å². The molecule has 0 aliphatic carbocycles. The highest BCUT2D eigenvalue weighted by atomic mass is 19.2. The topological polar surface area (TPSA) is 75.4 Å². The Kier molecular flexibility index (Phi) is 4.85. The normalized spacial score (nSPS) is 17.7. The van der Waals surface area contributed by atoms with Crippen molar-refractivity contribution in [1.82, 2.24) is 10.2 Å². The number of hydrogen-bond acceptors (Lipinski definition) is 3. The van der Waals surface area contributed by atoms with Gasteiger partial charge in [0.2, 0.25) is 11.8 Å². The second-order valence-corrected chi connectivity index (χ2v) is 5.06. The average molecular weight is 297 g/mol. The first-order chi connectivity index (χ1) is 9.97. The zero-order valence-electron chi connectivity index (χ0n) is 11.4. The first kappa shape index (κ1) is 15.4. The van der Waals surface area contributed by atoms with Crippen molar-refractivity contribution in [2.45, 2.75) is 18.9 Å². The molecule has 1 saturated heterocycles. The Morgan fingerprint density at radius 1 is 1.33 bits per heavy atom. The van der Waals surface area contributed by atoms with E-state index < -0.39 is 17.5 Å². The summed E-state index contributed by atoms with van der Waals surface area (Å²) in [6.45, 7) is 1.18. The van der Waals surface area contributed by atoms with Crippen LogP contribution in [0.5, 0.6) is 0 Å². The van der Waals surface area contributed by atoms with Crippen LogP contribution >= 0.6 is 0 Å². The van der Waals surface area contributed by atoms with Gasteiger partial charge in [-0.15, -0.1) is 0 Å². The molecular formula is C14H17F2N3O2. The lowest BCUT2D eigenvalue weighted by Gasteiger charge is -2.27. The van der Waals surface area contributed by atoms with Gasteiger partial charge in [0, 0.05) is 12.6 Å². The molecule has 7 heteroatoms. The largest absolute Gasteiger partial charge is 0.368 e. The average Bonchev–Trinajstić information content (AvgIpc) is 2.93. The van der Waals surface area contributed by atoms with Gasteiger partial charge in [0.05, 0.1) is 13.0 Å². The predicted molar refractivity (Wildman–Crippen MR) is 72.2 cm³/mol. The monoisotopic (exact) mass is 297 g/mol. The number of carbonyl (C=O) groups is 2. The smallest absolute Gasteiger partial charge is 0.237 e. The molecule has 2 rings (SSSR count). The minimum absolute atomic E-state index is 0.0963. The van der Waals surface area contributed by atoms with Gasteiger partial charge in [0.25, 0.3) is 0 Å². The minimum Gasteiger partial charge on any atom is -0.368 e. The van der Waals surface area contributed by atoms with Crippen LogP contribution in [0, 0.1) is 11.6 Å². The summed E-state index contributed by atoms with van der Waals surface area (Å²) < 4.78 is 26.0. The molecule has 3 N–H and O–H groups in total. The number of rotatable bonds is 5. The lowest BCUT2D eigenvalue weighted by molar-refractivity contribution is -0.136. The Hall–Kier alpha value is -2.02. The Labute approximate surface area is 121 Å². The first-order valence-corrected chi connectivity index (χ1v) is 6.70. The maximum absolute atomic E-state index is 13.2. The Bertz CT molecular complexity index is 545. The van der Waals surface area contributed by atoms with Gasteiger partial charge in [-0.2, -0.15) is 0 Å². The van der Waals surface area contributed by atoms with Crippen molar-refractivity contribution in [2.24, 2.45) is 5.73 Å². The fourth-order valence-electron chi connectivity index (χ4n) is 2.42. The van der Waals surface area contributed by atoms with Crippen LogP contribution in [0.15, 0.2) is 18.2 Å². The molecular weight excluding hydrogens is 280 g/mol. The van der Waals surface area contributed by atoms with E-state index in [1.165, 1.54) is 11.0 Å². The summed E-state index contributed by atoms with van der Waals surface area (Å²) in [5.74, 6) is -2.88.